The number of halogens is 1. The van der Waals surface area contributed by atoms with Crippen molar-refractivity contribution in [1.82, 2.24) is 9.55 Å². The zero-order chi connectivity index (χ0) is 19.3. The number of imidazole rings is 1. The van der Waals surface area contributed by atoms with E-state index in [0.717, 1.165) is 27.1 Å². The van der Waals surface area contributed by atoms with Crippen molar-refractivity contribution in [3.8, 4) is 5.75 Å². The molecule has 0 fully saturated rings. The second-order valence-corrected chi connectivity index (χ2v) is 7.54. The molecule has 1 aromatic heterocycles. The van der Waals surface area contributed by atoms with Crippen molar-refractivity contribution in [2.45, 2.75) is 19.1 Å². The van der Waals surface area contributed by atoms with Gasteiger partial charge in [0.25, 0.3) is 0 Å². The Morgan fingerprint density at radius 3 is 2.46 bits per heavy atom. The fourth-order valence-electron chi connectivity index (χ4n) is 3.25. The minimum Gasteiger partial charge on any atom is -0.490 e. The highest BCUT2D eigenvalue weighted by Crippen LogP contribution is 2.24. The SMILES string of the molecule is OC(COc1ccccc1Br)Cn1c(Cc2ccccc2)nc2ccccc21. The van der Waals surface area contributed by atoms with E-state index in [4.69, 9.17) is 9.72 Å². The number of aliphatic hydroxyl groups is 1. The number of nitrogens with zero attached hydrogens (tertiary/aromatic N) is 2. The summed E-state index contributed by atoms with van der Waals surface area (Å²) in [6.07, 6.45) is 0.0621. The summed E-state index contributed by atoms with van der Waals surface area (Å²) in [7, 11) is 0. The van der Waals surface area contributed by atoms with Crippen molar-refractivity contribution in [2.75, 3.05) is 6.61 Å². The van der Waals surface area contributed by atoms with Gasteiger partial charge in [0.1, 0.15) is 24.3 Å². The van der Waals surface area contributed by atoms with Crippen molar-refractivity contribution >= 4 is 27.0 Å². The zero-order valence-corrected chi connectivity index (χ0v) is 16.9. The molecule has 1 atom stereocenters. The van der Waals surface area contributed by atoms with Gasteiger partial charge in [0, 0.05) is 6.42 Å². The van der Waals surface area contributed by atoms with Crippen LogP contribution >= 0.6 is 15.9 Å². The van der Waals surface area contributed by atoms with Crippen LogP contribution < -0.4 is 4.74 Å². The Hall–Kier alpha value is -2.63. The summed E-state index contributed by atoms with van der Waals surface area (Å²) in [5.74, 6) is 1.66. The van der Waals surface area contributed by atoms with E-state index in [1.54, 1.807) is 0 Å². The number of para-hydroxylation sites is 3. The summed E-state index contributed by atoms with van der Waals surface area (Å²) in [6.45, 7) is 0.632. The minimum absolute atomic E-state index is 0.208. The zero-order valence-electron chi connectivity index (χ0n) is 15.3. The number of hydrogen-bond acceptors (Lipinski definition) is 3. The lowest BCUT2D eigenvalue weighted by Gasteiger charge is -2.16. The van der Waals surface area contributed by atoms with Crippen LogP contribution in [0.3, 0.4) is 0 Å². The van der Waals surface area contributed by atoms with Gasteiger partial charge in [0.15, 0.2) is 0 Å². The van der Waals surface area contributed by atoms with Gasteiger partial charge in [0.05, 0.1) is 22.1 Å². The van der Waals surface area contributed by atoms with Crippen molar-refractivity contribution in [3.05, 3.63) is 94.7 Å². The Bertz CT molecular complexity index is 1060. The minimum atomic E-state index is -0.653. The Morgan fingerprint density at radius 1 is 0.929 bits per heavy atom. The van der Waals surface area contributed by atoms with Crippen molar-refractivity contribution in [2.24, 2.45) is 0 Å². The highest BCUT2D eigenvalue weighted by molar-refractivity contribution is 9.10. The molecule has 1 unspecified atom stereocenters. The quantitative estimate of drug-likeness (QED) is 0.451. The molecule has 0 radical (unpaired) electrons. The average molecular weight is 437 g/mol. The van der Waals surface area contributed by atoms with Crippen molar-refractivity contribution in [1.29, 1.82) is 0 Å². The molecule has 0 aliphatic heterocycles. The van der Waals surface area contributed by atoms with Crippen LogP contribution in [0.5, 0.6) is 5.75 Å². The molecule has 28 heavy (non-hydrogen) atoms. The molecule has 0 aliphatic rings. The lowest BCUT2D eigenvalue weighted by Crippen LogP contribution is -2.24. The third kappa shape index (κ3) is 4.26. The normalized spacial score (nSPS) is 12.2. The number of ether oxygens (including phenoxy) is 1. The van der Waals surface area contributed by atoms with Crippen LogP contribution in [-0.4, -0.2) is 27.4 Å². The van der Waals surface area contributed by atoms with Gasteiger partial charge in [-0.25, -0.2) is 4.98 Å². The molecule has 1 N–H and O–H groups in total. The lowest BCUT2D eigenvalue weighted by molar-refractivity contribution is 0.0924. The first-order valence-corrected chi connectivity index (χ1v) is 10.0. The number of benzene rings is 3. The maximum Gasteiger partial charge on any atom is 0.133 e. The predicted molar refractivity (Wildman–Crippen MR) is 115 cm³/mol. The monoisotopic (exact) mass is 436 g/mol. The molecule has 0 aliphatic carbocycles. The van der Waals surface area contributed by atoms with Crippen LogP contribution in [0.2, 0.25) is 0 Å². The standard InChI is InChI=1S/C23H21BrN2O2/c24-19-10-4-7-13-22(19)28-16-18(27)15-26-21-12-6-5-11-20(21)25-23(26)14-17-8-2-1-3-9-17/h1-13,18,27H,14-16H2. The number of fused-ring (bicyclic) bond motifs is 1. The Balaban J connectivity index is 1.55. The second kappa shape index (κ2) is 8.59. The van der Waals surface area contributed by atoms with Crippen molar-refractivity contribution in [3.63, 3.8) is 0 Å². The van der Waals surface area contributed by atoms with Gasteiger partial charge < -0.3 is 14.4 Å². The highest BCUT2D eigenvalue weighted by Gasteiger charge is 2.15. The van der Waals surface area contributed by atoms with E-state index in [0.29, 0.717) is 13.0 Å². The van der Waals surface area contributed by atoms with E-state index < -0.39 is 6.10 Å². The Kier molecular flexibility index (Phi) is 5.74. The molecular weight excluding hydrogens is 416 g/mol. The predicted octanol–water partition coefficient (Wildman–Crippen LogP) is 4.83. The molecule has 0 saturated heterocycles. The third-order valence-corrected chi connectivity index (χ3v) is 5.25. The van der Waals surface area contributed by atoms with E-state index >= 15 is 0 Å². The number of rotatable bonds is 7. The first-order chi connectivity index (χ1) is 13.7. The molecule has 5 heteroatoms. The topological polar surface area (TPSA) is 47.3 Å². The number of aromatic nitrogens is 2. The van der Waals surface area contributed by atoms with Gasteiger partial charge in [-0.05, 0) is 45.8 Å². The fraction of sp³-hybridized carbons (Fsp3) is 0.174. The van der Waals surface area contributed by atoms with Crippen LogP contribution in [0.25, 0.3) is 11.0 Å². The molecule has 1 heterocycles. The molecule has 0 saturated carbocycles. The summed E-state index contributed by atoms with van der Waals surface area (Å²) < 4.78 is 8.76. The Morgan fingerprint density at radius 2 is 1.64 bits per heavy atom. The van der Waals surface area contributed by atoms with E-state index in [-0.39, 0.29) is 6.61 Å². The molecular formula is C23H21BrN2O2. The summed E-state index contributed by atoms with van der Waals surface area (Å²) in [5, 5.41) is 10.6. The maximum absolute atomic E-state index is 10.6. The first-order valence-electron chi connectivity index (χ1n) is 9.24. The average Bonchev–Trinajstić information content (AvgIpc) is 3.05. The smallest absolute Gasteiger partial charge is 0.133 e. The molecule has 0 amide bonds. The molecule has 0 bridgehead atoms. The number of hydrogen-bond donors (Lipinski definition) is 1. The molecule has 4 aromatic rings. The van der Waals surface area contributed by atoms with Crippen molar-refractivity contribution < 1.29 is 9.84 Å². The van der Waals surface area contributed by atoms with Gasteiger partial charge in [-0.3, -0.25) is 0 Å². The highest BCUT2D eigenvalue weighted by atomic mass is 79.9. The van der Waals surface area contributed by atoms with E-state index in [1.807, 2.05) is 66.7 Å². The van der Waals surface area contributed by atoms with Gasteiger partial charge in [-0.15, -0.1) is 0 Å². The van der Waals surface area contributed by atoms with Crippen LogP contribution in [0, 0.1) is 0 Å². The van der Waals surface area contributed by atoms with E-state index in [2.05, 4.69) is 32.6 Å². The number of aliphatic hydroxyl groups excluding tert-OH is 1. The van der Waals surface area contributed by atoms with Gasteiger partial charge in [-0.2, -0.15) is 0 Å². The largest absolute Gasteiger partial charge is 0.490 e. The van der Waals surface area contributed by atoms with Crippen LogP contribution in [0.15, 0.2) is 83.3 Å². The van der Waals surface area contributed by atoms with Gasteiger partial charge in [-0.1, -0.05) is 54.6 Å². The summed E-state index contributed by atoms with van der Waals surface area (Å²) in [6, 6.07) is 25.9. The van der Waals surface area contributed by atoms with Gasteiger partial charge in [0.2, 0.25) is 0 Å². The van der Waals surface area contributed by atoms with Crippen LogP contribution in [0.4, 0.5) is 0 Å². The fourth-order valence-corrected chi connectivity index (χ4v) is 3.65. The molecule has 0 spiro atoms. The maximum atomic E-state index is 10.6. The van der Waals surface area contributed by atoms with Gasteiger partial charge >= 0.3 is 0 Å². The Labute approximate surface area is 172 Å². The third-order valence-electron chi connectivity index (χ3n) is 4.60. The van der Waals surface area contributed by atoms with Crippen LogP contribution in [0.1, 0.15) is 11.4 Å². The van der Waals surface area contributed by atoms with Crippen LogP contribution in [-0.2, 0) is 13.0 Å². The van der Waals surface area contributed by atoms with E-state index in [1.165, 1.54) is 5.56 Å². The van der Waals surface area contributed by atoms with E-state index in [9.17, 15) is 5.11 Å². The summed E-state index contributed by atoms with van der Waals surface area (Å²) in [4.78, 5) is 4.80. The molecule has 142 valence electrons. The molecule has 3 aromatic carbocycles. The summed E-state index contributed by atoms with van der Waals surface area (Å²) >= 11 is 3.47. The first kappa shape index (κ1) is 18.7. The lowest BCUT2D eigenvalue weighted by atomic mass is 10.1. The molecule has 4 rings (SSSR count). The molecule has 4 nitrogen and oxygen atoms in total. The second-order valence-electron chi connectivity index (χ2n) is 6.68. The summed E-state index contributed by atoms with van der Waals surface area (Å²) in [5.41, 5.74) is 3.15.